The quantitative estimate of drug-likeness (QED) is 0.177. The summed E-state index contributed by atoms with van der Waals surface area (Å²) in [7, 11) is 0. The Morgan fingerprint density at radius 1 is 0.958 bits per heavy atom. The number of nitrogens with two attached hydrogens (primary N) is 1. The Morgan fingerprint density at radius 2 is 1.52 bits per heavy atom. The molecule has 0 saturated carbocycles. The number of allylic oxidation sites excluding steroid dienone is 2. The molecule has 2 saturated heterocycles. The van der Waals surface area contributed by atoms with Gasteiger partial charge in [-0.2, -0.15) is 22.0 Å². The van der Waals surface area contributed by atoms with Gasteiger partial charge in [0.15, 0.2) is 0 Å². The van der Waals surface area contributed by atoms with Gasteiger partial charge >= 0.3 is 18.1 Å². The second-order valence-electron chi connectivity index (χ2n) is 12.1. The zero-order chi connectivity index (χ0) is 37.1. The number of morpholine rings is 1. The van der Waals surface area contributed by atoms with E-state index in [1.165, 1.54) is 17.0 Å². The lowest BCUT2D eigenvalue weighted by atomic mass is 9.95. The van der Waals surface area contributed by atoms with Crippen molar-refractivity contribution in [2.75, 3.05) is 32.8 Å². The average molecular weight is 690 g/mol. The first-order chi connectivity index (χ1) is 22.6. The van der Waals surface area contributed by atoms with Crippen molar-refractivity contribution in [1.29, 1.82) is 0 Å². The number of likely N-dealkylation sites (tertiary alicyclic amines) is 1. The Labute approximate surface area is 276 Å². The third-order valence-corrected chi connectivity index (χ3v) is 7.97. The summed E-state index contributed by atoms with van der Waals surface area (Å²) in [6.07, 6.45) is -5.83. The van der Waals surface area contributed by atoms with Crippen LogP contribution in [-0.2, 0) is 23.9 Å². The third kappa shape index (κ3) is 8.38. The summed E-state index contributed by atoms with van der Waals surface area (Å²) in [6, 6.07) is 1.85. The van der Waals surface area contributed by atoms with Gasteiger partial charge in [-0.3, -0.25) is 24.0 Å². The van der Waals surface area contributed by atoms with Gasteiger partial charge in [-0.05, 0) is 55.3 Å². The second-order valence-corrected chi connectivity index (χ2v) is 12.1. The van der Waals surface area contributed by atoms with E-state index in [-0.39, 0.29) is 36.5 Å². The van der Waals surface area contributed by atoms with Crippen molar-refractivity contribution in [3.63, 3.8) is 0 Å². The first-order valence-electron chi connectivity index (χ1n) is 15.9. The number of alkyl halides is 5. The van der Waals surface area contributed by atoms with E-state index in [1.54, 1.807) is 13.8 Å². The van der Waals surface area contributed by atoms with E-state index in [0.29, 0.717) is 33.0 Å². The molecule has 16 heteroatoms. The molecule has 1 unspecified atom stereocenters. The fourth-order valence-corrected chi connectivity index (χ4v) is 5.31. The number of benzene rings is 1. The van der Waals surface area contributed by atoms with Crippen LogP contribution in [0.2, 0.25) is 0 Å². The van der Waals surface area contributed by atoms with Crippen LogP contribution in [0.4, 0.5) is 22.0 Å². The molecule has 266 valence electrons. The van der Waals surface area contributed by atoms with Gasteiger partial charge in [-0.25, -0.2) is 4.90 Å². The predicted molar refractivity (Wildman–Crippen MR) is 161 cm³/mol. The summed E-state index contributed by atoms with van der Waals surface area (Å²) in [6.45, 7) is 6.60. The normalized spacial score (nSPS) is 19.2. The minimum absolute atomic E-state index is 0.0408. The molecule has 0 spiro atoms. The van der Waals surface area contributed by atoms with E-state index in [9.17, 15) is 37.1 Å². The Bertz CT molecular complexity index is 1450. The number of hydrogen-bond acceptors (Lipinski definition) is 8. The molecule has 2 aliphatic rings. The van der Waals surface area contributed by atoms with E-state index in [1.807, 2.05) is 0 Å². The molecule has 2 heterocycles. The average Bonchev–Trinajstić information content (AvgIpc) is 3.03. The number of ether oxygens (including phenoxy) is 2. The van der Waals surface area contributed by atoms with Crippen LogP contribution in [0.3, 0.4) is 0 Å². The zero-order valence-corrected chi connectivity index (χ0v) is 27.4. The molecule has 11 nitrogen and oxygen atoms in total. The number of piperidine rings is 1. The highest BCUT2D eigenvalue weighted by Crippen LogP contribution is 2.45. The maximum atomic E-state index is 15.3. The summed E-state index contributed by atoms with van der Waals surface area (Å²) in [5.74, 6) is -17.1. The maximum absolute atomic E-state index is 15.3. The molecule has 4 amide bonds. The number of rotatable bonds is 9. The molecule has 0 bridgehead atoms. The van der Waals surface area contributed by atoms with Crippen molar-refractivity contribution < 1.29 is 56.8 Å². The minimum Gasteiger partial charge on any atom is -0.422 e. The molecule has 2 atom stereocenters. The van der Waals surface area contributed by atoms with E-state index < -0.39 is 82.6 Å². The molecule has 2 aliphatic heterocycles. The number of hydrogen-bond donors (Lipinski definition) is 1. The Balaban J connectivity index is 2.29. The Hall–Kier alpha value is -3.92. The summed E-state index contributed by atoms with van der Waals surface area (Å²) in [5, 5.41) is 0. The fourth-order valence-electron chi connectivity index (χ4n) is 5.31. The molecule has 2 N–H and O–H groups in total. The molecule has 48 heavy (non-hydrogen) atoms. The monoisotopic (exact) mass is 689 g/mol. The van der Waals surface area contributed by atoms with E-state index in [0.717, 1.165) is 30.9 Å². The first kappa shape index (κ1) is 36.9. The highest BCUT2D eigenvalue weighted by molar-refractivity contribution is 6.09. The lowest BCUT2D eigenvalue weighted by molar-refractivity contribution is -0.276. The maximum Gasteiger partial charge on any atom is 0.461 e. The molecule has 0 aliphatic carbocycles. The first-order valence-corrected chi connectivity index (χ1v) is 15.4. The second kappa shape index (κ2) is 15.5. The summed E-state index contributed by atoms with van der Waals surface area (Å²) in [4.78, 5) is 69.6. The SMILES string of the molecule is [2H]C(C)(C)C(=C(OC(C)=O)C(F)(F)C(F)(F)F)N(C(=O)c1ccc(C(=O)N2CCOCC2)cc1)C(=O)C1CCCCN1C(=O)[C@@H](N)C(C)C. The summed E-state index contributed by atoms with van der Waals surface area (Å²) in [5.41, 5.74) is 4.15. The predicted octanol–water partition coefficient (Wildman–Crippen LogP) is 4.12. The van der Waals surface area contributed by atoms with Gasteiger partial charge in [0.1, 0.15) is 6.04 Å². The molecule has 1 aromatic carbocycles. The fraction of sp³-hybridized carbons (Fsp3) is 0.594. The largest absolute Gasteiger partial charge is 0.461 e. The van der Waals surface area contributed by atoms with Crippen LogP contribution in [0.5, 0.6) is 0 Å². The number of imide groups is 1. The van der Waals surface area contributed by atoms with Gasteiger partial charge in [-0.15, -0.1) is 0 Å². The molecule has 0 aromatic heterocycles. The lowest BCUT2D eigenvalue weighted by Crippen LogP contribution is -2.58. The summed E-state index contributed by atoms with van der Waals surface area (Å²) >= 11 is 0. The number of amides is 4. The molecular weight excluding hydrogens is 647 g/mol. The van der Waals surface area contributed by atoms with Crippen LogP contribution >= 0.6 is 0 Å². The number of carbonyl (C=O) groups excluding carboxylic acids is 5. The summed E-state index contributed by atoms with van der Waals surface area (Å²) < 4.78 is 90.5. The highest BCUT2D eigenvalue weighted by atomic mass is 19.4. The van der Waals surface area contributed by atoms with E-state index in [2.05, 4.69) is 4.74 Å². The van der Waals surface area contributed by atoms with Crippen molar-refractivity contribution in [3.05, 3.63) is 46.8 Å². The van der Waals surface area contributed by atoms with Gasteiger partial charge in [0.05, 0.1) is 25.0 Å². The molecular formula is C32H41F5N4O7. The number of nitrogens with zero attached hydrogens (tertiary/aromatic N) is 3. The number of carbonyl (C=O) groups is 5. The molecule has 3 rings (SSSR count). The van der Waals surface area contributed by atoms with Crippen LogP contribution in [0.1, 0.15) is 76.0 Å². The van der Waals surface area contributed by atoms with Gasteiger partial charge < -0.3 is 25.0 Å². The van der Waals surface area contributed by atoms with Crippen molar-refractivity contribution in [2.24, 2.45) is 17.5 Å². The minimum atomic E-state index is -6.40. The van der Waals surface area contributed by atoms with Gasteiger partial charge in [0, 0.05) is 39.1 Å². The van der Waals surface area contributed by atoms with Gasteiger partial charge in [0.2, 0.25) is 11.7 Å². The van der Waals surface area contributed by atoms with Crippen LogP contribution in [-0.4, -0.2) is 101 Å². The van der Waals surface area contributed by atoms with E-state index >= 15 is 8.78 Å². The number of halogens is 5. The van der Waals surface area contributed by atoms with Crippen LogP contribution in [0, 0.1) is 11.8 Å². The van der Waals surface area contributed by atoms with Crippen molar-refractivity contribution in [3.8, 4) is 0 Å². The molecule has 0 radical (unpaired) electrons. The van der Waals surface area contributed by atoms with Crippen LogP contribution < -0.4 is 5.73 Å². The van der Waals surface area contributed by atoms with Crippen molar-refractivity contribution in [1.82, 2.24) is 14.7 Å². The van der Waals surface area contributed by atoms with Crippen molar-refractivity contribution in [2.45, 2.75) is 78.1 Å². The lowest BCUT2D eigenvalue weighted by Gasteiger charge is -2.40. The van der Waals surface area contributed by atoms with Gasteiger partial charge in [0.25, 0.3) is 17.7 Å². The standard InChI is InChI=1S/C32H41F5N4O7/c1-18(2)24(38)30(46)40-13-7-6-8-23(40)29(45)41(25(19(3)4)26(48-20(5)42)31(33,34)32(35,36)37)28(44)22-11-9-21(10-12-22)27(43)39-14-16-47-17-15-39/h9-12,18-19,23-24H,6-8,13-17,38H2,1-5H3/t23?,24-/m0/s1/i19D. The topological polar surface area (TPSA) is 140 Å². The van der Waals surface area contributed by atoms with Crippen LogP contribution in [0.25, 0.3) is 0 Å². The van der Waals surface area contributed by atoms with Crippen molar-refractivity contribution >= 4 is 29.6 Å². The molecule has 1 aromatic rings. The smallest absolute Gasteiger partial charge is 0.422 e. The van der Waals surface area contributed by atoms with Crippen LogP contribution in [0.15, 0.2) is 35.7 Å². The highest BCUT2D eigenvalue weighted by Gasteiger charge is 2.64. The zero-order valence-electron chi connectivity index (χ0n) is 28.4. The van der Waals surface area contributed by atoms with Gasteiger partial charge in [-0.1, -0.05) is 27.7 Å². The third-order valence-electron chi connectivity index (χ3n) is 7.97. The molecule has 2 fully saturated rings. The Kier molecular flexibility index (Phi) is 11.9. The number of esters is 1. The Morgan fingerprint density at radius 3 is 2.02 bits per heavy atom. The van der Waals surface area contributed by atoms with E-state index in [4.69, 9.17) is 11.8 Å².